The second kappa shape index (κ2) is 5.20. The zero-order chi connectivity index (χ0) is 12.1. The van der Waals surface area contributed by atoms with Crippen LogP contribution in [0.15, 0.2) is 24.3 Å². The van der Waals surface area contributed by atoms with Crippen LogP contribution in [0.2, 0.25) is 0 Å². The van der Waals surface area contributed by atoms with Crippen molar-refractivity contribution in [3.8, 4) is 11.8 Å². The number of hydrogen-bond donors (Lipinski definition) is 1. The second-order valence-corrected chi connectivity index (χ2v) is 4.82. The molecule has 1 saturated carbocycles. The number of para-hydroxylation sites is 1. The lowest BCUT2D eigenvalue weighted by molar-refractivity contribution is 0.173. The Hall–Kier alpha value is -1.53. The third-order valence-corrected chi connectivity index (χ3v) is 3.37. The van der Waals surface area contributed by atoms with Crippen LogP contribution in [-0.2, 0) is 0 Å². The average molecular weight is 230 g/mol. The van der Waals surface area contributed by atoms with Gasteiger partial charge in [0, 0.05) is 0 Å². The van der Waals surface area contributed by atoms with Crippen LogP contribution in [0, 0.1) is 11.3 Å². The van der Waals surface area contributed by atoms with Gasteiger partial charge in [-0.15, -0.1) is 0 Å². The van der Waals surface area contributed by atoms with E-state index in [2.05, 4.69) is 6.07 Å². The van der Waals surface area contributed by atoms with Gasteiger partial charge in [-0.25, -0.2) is 0 Å². The monoisotopic (exact) mass is 230 g/mol. The zero-order valence-corrected chi connectivity index (χ0v) is 9.98. The zero-order valence-electron chi connectivity index (χ0n) is 9.98. The number of nitrogens with zero attached hydrogens (tertiary/aromatic N) is 1. The van der Waals surface area contributed by atoms with Crippen molar-refractivity contribution in [2.24, 2.45) is 5.73 Å². The molecular weight excluding hydrogens is 212 g/mol. The Morgan fingerprint density at radius 1 is 1.24 bits per heavy atom. The standard InChI is InChI=1S/C14H18N2O/c15-10-12-6-2-3-7-13(12)17-11-14(16)8-4-1-5-9-14/h2-3,6-7H,1,4-5,8-9,11,16H2. The smallest absolute Gasteiger partial charge is 0.137 e. The van der Waals surface area contributed by atoms with Crippen molar-refractivity contribution in [1.29, 1.82) is 5.26 Å². The van der Waals surface area contributed by atoms with E-state index in [9.17, 15) is 0 Å². The predicted octanol–water partition coefficient (Wildman–Crippen LogP) is 2.60. The largest absolute Gasteiger partial charge is 0.490 e. The summed E-state index contributed by atoms with van der Waals surface area (Å²) in [4.78, 5) is 0. The first kappa shape index (κ1) is 11.9. The molecule has 90 valence electrons. The lowest BCUT2D eigenvalue weighted by Gasteiger charge is -2.33. The van der Waals surface area contributed by atoms with Gasteiger partial charge in [0.15, 0.2) is 0 Å². The summed E-state index contributed by atoms with van der Waals surface area (Å²) in [5.74, 6) is 0.644. The highest BCUT2D eigenvalue weighted by molar-refractivity contribution is 5.42. The van der Waals surface area contributed by atoms with E-state index < -0.39 is 0 Å². The maximum Gasteiger partial charge on any atom is 0.137 e. The van der Waals surface area contributed by atoms with E-state index in [0.29, 0.717) is 17.9 Å². The van der Waals surface area contributed by atoms with E-state index in [4.69, 9.17) is 15.7 Å². The molecule has 0 atom stereocenters. The van der Waals surface area contributed by atoms with Crippen LogP contribution in [0.1, 0.15) is 37.7 Å². The van der Waals surface area contributed by atoms with Crippen molar-refractivity contribution in [2.75, 3.05) is 6.61 Å². The molecule has 0 unspecified atom stereocenters. The summed E-state index contributed by atoms with van der Waals surface area (Å²) in [6.07, 6.45) is 5.66. The summed E-state index contributed by atoms with van der Waals surface area (Å²) in [5, 5.41) is 8.96. The number of nitriles is 1. The Kier molecular flexibility index (Phi) is 3.65. The Bertz CT molecular complexity index is 416. The summed E-state index contributed by atoms with van der Waals surface area (Å²) in [6.45, 7) is 0.506. The van der Waals surface area contributed by atoms with Gasteiger partial charge >= 0.3 is 0 Å². The molecule has 3 nitrogen and oxygen atoms in total. The van der Waals surface area contributed by atoms with Crippen molar-refractivity contribution in [2.45, 2.75) is 37.6 Å². The lowest BCUT2D eigenvalue weighted by atomic mass is 9.83. The fraction of sp³-hybridized carbons (Fsp3) is 0.500. The molecule has 2 rings (SSSR count). The van der Waals surface area contributed by atoms with E-state index in [1.165, 1.54) is 19.3 Å². The normalized spacial score (nSPS) is 18.4. The predicted molar refractivity (Wildman–Crippen MR) is 66.7 cm³/mol. The van der Waals surface area contributed by atoms with Crippen molar-refractivity contribution in [3.05, 3.63) is 29.8 Å². The topological polar surface area (TPSA) is 59.0 Å². The third kappa shape index (κ3) is 2.98. The van der Waals surface area contributed by atoms with Gasteiger partial charge in [0.25, 0.3) is 0 Å². The minimum Gasteiger partial charge on any atom is -0.490 e. The van der Waals surface area contributed by atoms with Gasteiger partial charge in [0.1, 0.15) is 18.4 Å². The number of benzene rings is 1. The van der Waals surface area contributed by atoms with Crippen molar-refractivity contribution >= 4 is 0 Å². The number of hydrogen-bond acceptors (Lipinski definition) is 3. The molecule has 1 aliphatic carbocycles. The van der Waals surface area contributed by atoms with Gasteiger partial charge in [-0.05, 0) is 25.0 Å². The van der Waals surface area contributed by atoms with E-state index in [-0.39, 0.29) is 5.54 Å². The van der Waals surface area contributed by atoms with E-state index in [1.54, 1.807) is 6.07 Å². The molecule has 0 saturated heterocycles. The summed E-state index contributed by atoms with van der Waals surface area (Å²) >= 11 is 0. The van der Waals surface area contributed by atoms with E-state index in [0.717, 1.165) is 12.8 Å². The molecule has 17 heavy (non-hydrogen) atoms. The first-order valence-corrected chi connectivity index (χ1v) is 6.14. The Labute approximate surface area is 102 Å². The third-order valence-electron chi connectivity index (χ3n) is 3.37. The fourth-order valence-electron chi connectivity index (χ4n) is 2.31. The minimum absolute atomic E-state index is 0.208. The minimum atomic E-state index is -0.208. The molecule has 1 fully saturated rings. The number of nitrogens with two attached hydrogens (primary N) is 1. The molecule has 0 aliphatic heterocycles. The second-order valence-electron chi connectivity index (χ2n) is 4.82. The molecule has 2 N–H and O–H groups in total. The Morgan fingerprint density at radius 2 is 1.94 bits per heavy atom. The van der Waals surface area contributed by atoms with Crippen LogP contribution in [0.5, 0.6) is 5.75 Å². The summed E-state index contributed by atoms with van der Waals surface area (Å²) in [5.41, 5.74) is 6.66. The maximum absolute atomic E-state index is 8.96. The highest BCUT2D eigenvalue weighted by Gasteiger charge is 2.28. The molecule has 0 heterocycles. The van der Waals surface area contributed by atoms with Crippen molar-refractivity contribution in [1.82, 2.24) is 0 Å². The lowest BCUT2D eigenvalue weighted by Crippen LogP contribution is -2.47. The highest BCUT2D eigenvalue weighted by atomic mass is 16.5. The molecular formula is C14H18N2O. The van der Waals surface area contributed by atoms with Crippen LogP contribution in [0.4, 0.5) is 0 Å². The molecule has 0 radical (unpaired) electrons. The summed E-state index contributed by atoms with van der Waals surface area (Å²) in [7, 11) is 0. The first-order valence-electron chi connectivity index (χ1n) is 6.14. The van der Waals surface area contributed by atoms with Crippen molar-refractivity contribution < 1.29 is 4.74 Å². The Balaban J connectivity index is 2.00. The van der Waals surface area contributed by atoms with Gasteiger partial charge < -0.3 is 10.5 Å². The summed E-state index contributed by atoms with van der Waals surface area (Å²) < 4.78 is 5.72. The average Bonchev–Trinajstić information content (AvgIpc) is 2.38. The Morgan fingerprint density at radius 3 is 2.65 bits per heavy atom. The highest BCUT2D eigenvalue weighted by Crippen LogP contribution is 2.27. The van der Waals surface area contributed by atoms with Crippen molar-refractivity contribution in [3.63, 3.8) is 0 Å². The van der Waals surface area contributed by atoms with Gasteiger partial charge in [-0.1, -0.05) is 31.4 Å². The fourth-order valence-corrected chi connectivity index (χ4v) is 2.31. The quantitative estimate of drug-likeness (QED) is 0.868. The van der Waals surface area contributed by atoms with Gasteiger partial charge in [0.2, 0.25) is 0 Å². The molecule has 1 aromatic carbocycles. The SMILES string of the molecule is N#Cc1ccccc1OCC1(N)CCCCC1. The van der Waals surface area contributed by atoms with Gasteiger partial charge in [-0.2, -0.15) is 5.26 Å². The molecule has 0 amide bonds. The molecule has 0 spiro atoms. The van der Waals surface area contributed by atoms with Gasteiger partial charge in [-0.3, -0.25) is 0 Å². The van der Waals surface area contributed by atoms with Crippen LogP contribution in [-0.4, -0.2) is 12.1 Å². The molecule has 3 heteroatoms. The molecule has 1 aromatic rings. The molecule has 0 bridgehead atoms. The number of rotatable bonds is 3. The van der Waals surface area contributed by atoms with Crippen LogP contribution in [0.3, 0.4) is 0 Å². The number of ether oxygens (including phenoxy) is 1. The summed E-state index contributed by atoms with van der Waals surface area (Å²) in [6, 6.07) is 9.43. The first-order chi connectivity index (χ1) is 8.23. The van der Waals surface area contributed by atoms with E-state index >= 15 is 0 Å². The maximum atomic E-state index is 8.96. The van der Waals surface area contributed by atoms with Crippen LogP contribution >= 0.6 is 0 Å². The van der Waals surface area contributed by atoms with Gasteiger partial charge in [0.05, 0.1) is 11.1 Å². The molecule has 0 aromatic heterocycles. The molecule has 1 aliphatic rings. The van der Waals surface area contributed by atoms with Crippen LogP contribution in [0.25, 0.3) is 0 Å². The van der Waals surface area contributed by atoms with Crippen LogP contribution < -0.4 is 10.5 Å². The van der Waals surface area contributed by atoms with E-state index in [1.807, 2.05) is 18.2 Å².